The Morgan fingerprint density at radius 2 is 1.70 bits per heavy atom. The number of epoxide rings is 1. The molecule has 2 aromatic rings. The molecule has 27 heavy (non-hydrogen) atoms. The molecule has 0 bridgehead atoms. The van der Waals surface area contributed by atoms with Gasteiger partial charge in [0.25, 0.3) is 0 Å². The van der Waals surface area contributed by atoms with Gasteiger partial charge < -0.3 is 19.7 Å². The molecule has 6 nitrogen and oxygen atoms in total. The highest BCUT2D eigenvalue weighted by Gasteiger charge is 2.57. The van der Waals surface area contributed by atoms with Crippen molar-refractivity contribution >= 4 is 11.9 Å². The van der Waals surface area contributed by atoms with Gasteiger partial charge in [0.15, 0.2) is 0 Å². The van der Waals surface area contributed by atoms with E-state index in [-0.39, 0.29) is 19.0 Å². The van der Waals surface area contributed by atoms with E-state index in [1.807, 2.05) is 42.5 Å². The lowest BCUT2D eigenvalue weighted by Gasteiger charge is -2.21. The smallest absolute Gasteiger partial charge is 0.348 e. The largest absolute Gasteiger partial charge is 0.458 e. The van der Waals surface area contributed by atoms with Crippen LogP contribution in [-0.2, 0) is 14.3 Å². The minimum absolute atomic E-state index is 0.177. The molecule has 6 heteroatoms. The lowest BCUT2D eigenvalue weighted by atomic mass is 9.91. The second-order valence-corrected chi connectivity index (χ2v) is 6.97. The third-order valence-electron chi connectivity index (χ3n) is 5.35. The predicted molar refractivity (Wildman–Crippen MR) is 95.7 cm³/mol. The van der Waals surface area contributed by atoms with Crippen molar-refractivity contribution in [1.82, 2.24) is 0 Å². The normalized spacial score (nSPS) is 29.3. The van der Waals surface area contributed by atoms with E-state index in [0.29, 0.717) is 5.56 Å². The molecule has 2 N–H and O–H groups in total. The third-order valence-corrected chi connectivity index (χ3v) is 5.35. The van der Waals surface area contributed by atoms with Gasteiger partial charge in [0, 0.05) is 24.9 Å². The van der Waals surface area contributed by atoms with Crippen molar-refractivity contribution in [3.63, 3.8) is 0 Å². The molecule has 0 amide bonds. The quantitative estimate of drug-likeness (QED) is 0.617. The van der Waals surface area contributed by atoms with Gasteiger partial charge >= 0.3 is 11.9 Å². The van der Waals surface area contributed by atoms with Crippen LogP contribution in [0.5, 0.6) is 0 Å². The van der Waals surface area contributed by atoms with Crippen LogP contribution < -0.4 is 0 Å². The minimum atomic E-state index is -0.850. The van der Waals surface area contributed by atoms with Crippen molar-refractivity contribution in [2.45, 2.75) is 24.7 Å². The first kappa shape index (κ1) is 17.7. The summed E-state index contributed by atoms with van der Waals surface area (Å²) in [5.74, 6) is -1.97. The maximum absolute atomic E-state index is 12.5. The van der Waals surface area contributed by atoms with Gasteiger partial charge in [-0.05, 0) is 23.3 Å². The Morgan fingerprint density at radius 3 is 2.30 bits per heavy atom. The monoisotopic (exact) mass is 368 g/mol. The molecule has 2 fully saturated rings. The van der Waals surface area contributed by atoms with Gasteiger partial charge in [-0.15, -0.1) is 0 Å². The molecular weight excluding hydrogens is 348 g/mol. The summed E-state index contributed by atoms with van der Waals surface area (Å²) in [7, 11) is 0. The van der Waals surface area contributed by atoms with Crippen molar-refractivity contribution in [3.8, 4) is 11.1 Å². The van der Waals surface area contributed by atoms with Gasteiger partial charge in [-0.25, -0.2) is 9.59 Å². The Morgan fingerprint density at radius 1 is 1.07 bits per heavy atom. The Bertz CT molecular complexity index is 832. The lowest BCUT2D eigenvalue weighted by Crippen LogP contribution is -2.32. The van der Waals surface area contributed by atoms with E-state index < -0.39 is 36.1 Å². The summed E-state index contributed by atoms with van der Waals surface area (Å²) in [6.45, 7) is -0.292. The molecule has 1 saturated heterocycles. The molecule has 0 spiro atoms. The average molecular weight is 368 g/mol. The fourth-order valence-electron chi connectivity index (χ4n) is 3.87. The van der Waals surface area contributed by atoms with Crippen LogP contribution in [0.15, 0.2) is 54.6 Å². The summed E-state index contributed by atoms with van der Waals surface area (Å²) in [6.07, 6.45) is -2.03. The van der Waals surface area contributed by atoms with E-state index in [1.54, 1.807) is 12.1 Å². The fraction of sp³-hybridized carbons (Fsp3) is 0.333. The molecule has 4 rings (SSSR count). The highest BCUT2D eigenvalue weighted by atomic mass is 16.6. The van der Waals surface area contributed by atoms with E-state index in [9.17, 15) is 19.8 Å². The number of cyclic esters (lactones) is 1. The molecule has 0 unspecified atom stereocenters. The first-order valence-electron chi connectivity index (χ1n) is 8.94. The van der Waals surface area contributed by atoms with Crippen LogP contribution in [0.3, 0.4) is 0 Å². The van der Waals surface area contributed by atoms with Crippen LogP contribution in [0.1, 0.15) is 16.8 Å². The SMILES string of the molecule is O=C(O[C@@H]1C[C@H](O)[C@H]([C@@H]2OC2=O)[C@H]1CO)c1ccc(-c2ccccc2)cc1. The highest BCUT2D eigenvalue weighted by Crippen LogP contribution is 2.42. The van der Waals surface area contributed by atoms with E-state index in [1.165, 1.54) is 0 Å². The topological polar surface area (TPSA) is 96.4 Å². The second-order valence-electron chi connectivity index (χ2n) is 6.97. The molecule has 1 heterocycles. The number of hydrogen-bond donors (Lipinski definition) is 2. The van der Waals surface area contributed by atoms with Crippen LogP contribution >= 0.6 is 0 Å². The number of rotatable bonds is 5. The van der Waals surface area contributed by atoms with Crippen LogP contribution in [0, 0.1) is 11.8 Å². The third kappa shape index (κ3) is 3.46. The number of ether oxygens (including phenoxy) is 2. The second kappa shape index (κ2) is 7.13. The zero-order valence-corrected chi connectivity index (χ0v) is 14.5. The molecule has 140 valence electrons. The predicted octanol–water partition coefficient (Wildman–Crippen LogP) is 1.79. The number of hydrogen-bond acceptors (Lipinski definition) is 6. The number of carbonyl (C=O) groups is 2. The molecule has 1 aliphatic carbocycles. The lowest BCUT2D eigenvalue weighted by molar-refractivity contribution is -0.117. The maximum Gasteiger partial charge on any atom is 0.348 e. The summed E-state index contributed by atoms with van der Waals surface area (Å²) in [5, 5.41) is 19.9. The van der Waals surface area contributed by atoms with Crippen molar-refractivity contribution in [2.75, 3.05) is 6.61 Å². The number of benzene rings is 2. The van der Waals surface area contributed by atoms with Crippen molar-refractivity contribution in [3.05, 3.63) is 60.2 Å². The zero-order chi connectivity index (χ0) is 19.0. The standard InChI is InChI=1S/C21H20O6/c22-11-15-17(10-16(23)18(15)19-21(25)27-19)26-20(24)14-8-6-13(7-9-14)12-4-2-1-3-5-12/h1-9,15-19,22-23H,10-11H2/t15-,16-,17+,18+,19-/m0/s1. The molecule has 2 aliphatic rings. The van der Waals surface area contributed by atoms with Crippen LogP contribution in [0.4, 0.5) is 0 Å². The van der Waals surface area contributed by atoms with Gasteiger partial charge in [0.1, 0.15) is 6.10 Å². The Balaban J connectivity index is 1.45. The van der Waals surface area contributed by atoms with Crippen molar-refractivity contribution < 1.29 is 29.3 Å². The molecular formula is C21H20O6. The van der Waals surface area contributed by atoms with Crippen molar-refractivity contribution in [1.29, 1.82) is 0 Å². The summed E-state index contributed by atoms with van der Waals surface area (Å²) < 4.78 is 10.4. The van der Waals surface area contributed by atoms with Crippen molar-refractivity contribution in [2.24, 2.45) is 11.8 Å². The molecule has 2 aromatic carbocycles. The van der Waals surface area contributed by atoms with Gasteiger partial charge in [0.2, 0.25) is 6.10 Å². The van der Waals surface area contributed by atoms with E-state index in [0.717, 1.165) is 11.1 Å². The number of esters is 1. The molecule has 0 aromatic heterocycles. The number of aliphatic hydroxyl groups is 2. The van der Waals surface area contributed by atoms with Gasteiger partial charge in [-0.1, -0.05) is 42.5 Å². The number of carbonyl (C=O) groups excluding carboxylic acids is 2. The van der Waals surface area contributed by atoms with Gasteiger partial charge in [0.05, 0.1) is 11.7 Å². The average Bonchev–Trinajstić information content (AvgIpc) is 3.32. The summed E-state index contributed by atoms with van der Waals surface area (Å²) in [5.41, 5.74) is 2.43. The molecule has 1 aliphatic heterocycles. The number of aliphatic hydroxyl groups excluding tert-OH is 2. The summed E-state index contributed by atoms with van der Waals surface area (Å²) in [6, 6.07) is 16.9. The summed E-state index contributed by atoms with van der Waals surface area (Å²) >= 11 is 0. The minimum Gasteiger partial charge on any atom is -0.458 e. The van der Waals surface area contributed by atoms with Gasteiger partial charge in [-0.2, -0.15) is 0 Å². The highest BCUT2D eigenvalue weighted by molar-refractivity contribution is 5.90. The molecule has 0 radical (unpaired) electrons. The van der Waals surface area contributed by atoms with Crippen LogP contribution in [-0.4, -0.2) is 47.1 Å². The Kier molecular flexibility index (Phi) is 4.68. The fourth-order valence-corrected chi connectivity index (χ4v) is 3.87. The first-order valence-corrected chi connectivity index (χ1v) is 8.94. The Labute approximate surface area is 156 Å². The van der Waals surface area contributed by atoms with Crippen LogP contribution in [0.25, 0.3) is 11.1 Å². The Hall–Kier alpha value is -2.70. The van der Waals surface area contributed by atoms with Crippen LogP contribution in [0.2, 0.25) is 0 Å². The maximum atomic E-state index is 12.5. The summed E-state index contributed by atoms with van der Waals surface area (Å²) in [4.78, 5) is 23.7. The zero-order valence-electron chi connectivity index (χ0n) is 14.5. The van der Waals surface area contributed by atoms with E-state index >= 15 is 0 Å². The van der Waals surface area contributed by atoms with E-state index in [4.69, 9.17) is 9.47 Å². The molecule has 5 atom stereocenters. The first-order chi connectivity index (χ1) is 13.1. The van der Waals surface area contributed by atoms with Gasteiger partial charge in [-0.3, -0.25) is 0 Å². The molecule has 1 saturated carbocycles. The van der Waals surface area contributed by atoms with E-state index in [2.05, 4.69) is 0 Å².